The first-order chi connectivity index (χ1) is 7.99. The zero-order valence-corrected chi connectivity index (χ0v) is 10.8. The van der Waals surface area contributed by atoms with Gasteiger partial charge in [-0.05, 0) is 18.2 Å². The average Bonchev–Trinajstić information content (AvgIpc) is 2.68. The standard InChI is InChI=1S/C9H8BrN3O3S/c10-6-1-2-9(8(11)3-6)17(14,15)13-7-4-12-16-5-7/h1-5,13H,11H2. The number of sulfonamides is 1. The minimum Gasteiger partial charge on any atom is -0.398 e. The predicted octanol–water partition coefficient (Wildman–Crippen LogP) is 1.82. The molecule has 3 N–H and O–H groups in total. The van der Waals surface area contributed by atoms with E-state index < -0.39 is 10.0 Å². The Morgan fingerprint density at radius 2 is 2.18 bits per heavy atom. The molecule has 0 saturated carbocycles. The summed E-state index contributed by atoms with van der Waals surface area (Å²) in [5.41, 5.74) is 6.05. The zero-order chi connectivity index (χ0) is 12.5. The summed E-state index contributed by atoms with van der Waals surface area (Å²) < 4.78 is 31.4. The van der Waals surface area contributed by atoms with Gasteiger partial charge in [0.05, 0.1) is 11.9 Å². The van der Waals surface area contributed by atoms with Crippen molar-refractivity contribution in [2.24, 2.45) is 0 Å². The van der Waals surface area contributed by atoms with E-state index in [1.165, 1.54) is 24.6 Å². The minimum atomic E-state index is -3.73. The molecule has 0 fully saturated rings. The highest BCUT2D eigenvalue weighted by Gasteiger charge is 2.18. The molecular formula is C9H8BrN3O3S. The number of nitrogens with zero attached hydrogens (tertiary/aromatic N) is 1. The molecule has 0 aliphatic rings. The fourth-order valence-electron chi connectivity index (χ4n) is 1.23. The molecule has 0 atom stereocenters. The van der Waals surface area contributed by atoms with Crippen molar-refractivity contribution in [1.29, 1.82) is 0 Å². The molecule has 0 amide bonds. The summed E-state index contributed by atoms with van der Waals surface area (Å²) in [5, 5.41) is 3.40. The number of halogens is 1. The lowest BCUT2D eigenvalue weighted by Gasteiger charge is -2.08. The van der Waals surface area contributed by atoms with E-state index in [1.54, 1.807) is 6.07 Å². The molecular weight excluding hydrogens is 310 g/mol. The van der Waals surface area contributed by atoms with Gasteiger partial charge in [0.25, 0.3) is 10.0 Å². The van der Waals surface area contributed by atoms with Crippen LogP contribution in [0.4, 0.5) is 11.4 Å². The van der Waals surface area contributed by atoms with Gasteiger partial charge in [0.15, 0.2) is 0 Å². The Balaban J connectivity index is 2.38. The Hall–Kier alpha value is -1.54. The molecule has 90 valence electrons. The molecule has 17 heavy (non-hydrogen) atoms. The number of anilines is 2. The summed E-state index contributed by atoms with van der Waals surface area (Å²) in [7, 11) is -3.73. The molecule has 1 aromatic heterocycles. The highest BCUT2D eigenvalue weighted by atomic mass is 79.9. The van der Waals surface area contributed by atoms with Crippen molar-refractivity contribution in [2.45, 2.75) is 4.90 Å². The van der Waals surface area contributed by atoms with Gasteiger partial charge in [0.1, 0.15) is 16.8 Å². The van der Waals surface area contributed by atoms with E-state index in [1.807, 2.05) is 0 Å². The fourth-order valence-corrected chi connectivity index (χ4v) is 2.75. The lowest BCUT2D eigenvalue weighted by Crippen LogP contribution is -2.14. The van der Waals surface area contributed by atoms with Crippen LogP contribution in [-0.2, 0) is 10.0 Å². The van der Waals surface area contributed by atoms with Crippen LogP contribution in [0.25, 0.3) is 0 Å². The monoisotopic (exact) mass is 317 g/mol. The van der Waals surface area contributed by atoms with Crippen LogP contribution in [0.2, 0.25) is 0 Å². The van der Waals surface area contributed by atoms with Crippen molar-refractivity contribution in [3.63, 3.8) is 0 Å². The molecule has 0 spiro atoms. The summed E-state index contributed by atoms with van der Waals surface area (Å²) in [5.74, 6) is 0. The Labute approximate surface area is 106 Å². The van der Waals surface area contributed by atoms with E-state index in [0.29, 0.717) is 4.47 Å². The van der Waals surface area contributed by atoms with Gasteiger partial charge >= 0.3 is 0 Å². The van der Waals surface area contributed by atoms with Gasteiger partial charge in [-0.2, -0.15) is 0 Å². The Morgan fingerprint density at radius 1 is 1.41 bits per heavy atom. The van der Waals surface area contributed by atoms with E-state index in [-0.39, 0.29) is 16.3 Å². The molecule has 0 unspecified atom stereocenters. The topological polar surface area (TPSA) is 98.2 Å². The quantitative estimate of drug-likeness (QED) is 0.841. The first kappa shape index (κ1) is 11.9. The van der Waals surface area contributed by atoms with Gasteiger partial charge in [0, 0.05) is 4.47 Å². The maximum absolute atomic E-state index is 12.0. The van der Waals surface area contributed by atoms with Crippen LogP contribution >= 0.6 is 15.9 Å². The third-order valence-corrected chi connectivity index (χ3v) is 3.89. The van der Waals surface area contributed by atoms with Gasteiger partial charge in [-0.15, -0.1) is 0 Å². The maximum atomic E-state index is 12.0. The Kier molecular flexibility index (Phi) is 3.07. The molecule has 0 saturated heterocycles. The summed E-state index contributed by atoms with van der Waals surface area (Å²) >= 11 is 3.20. The molecule has 1 aromatic carbocycles. The van der Waals surface area contributed by atoms with Gasteiger partial charge in [-0.25, -0.2) is 8.42 Å². The van der Waals surface area contributed by atoms with Crippen LogP contribution in [0, 0.1) is 0 Å². The molecule has 2 aromatic rings. The predicted molar refractivity (Wildman–Crippen MR) is 65.9 cm³/mol. The first-order valence-corrected chi connectivity index (χ1v) is 6.74. The normalized spacial score (nSPS) is 11.4. The lowest BCUT2D eigenvalue weighted by atomic mass is 10.3. The molecule has 2 rings (SSSR count). The second kappa shape index (κ2) is 4.38. The number of aromatic nitrogens is 1. The Morgan fingerprint density at radius 3 is 2.76 bits per heavy atom. The molecule has 0 aliphatic carbocycles. The minimum absolute atomic E-state index is 0.00176. The smallest absolute Gasteiger partial charge is 0.264 e. The summed E-state index contributed by atoms with van der Waals surface area (Å²) in [6.45, 7) is 0. The number of nitrogens with one attached hydrogen (secondary N) is 1. The van der Waals surface area contributed by atoms with Crippen LogP contribution in [0.3, 0.4) is 0 Å². The number of nitrogens with two attached hydrogens (primary N) is 1. The van der Waals surface area contributed by atoms with Crippen LogP contribution in [0.1, 0.15) is 0 Å². The first-order valence-electron chi connectivity index (χ1n) is 4.46. The zero-order valence-electron chi connectivity index (χ0n) is 8.42. The van der Waals surface area contributed by atoms with Crippen LogP contribution in [-0.4, -0.2) is 13.6 Å². The van der Waals surface area contributed by atoms with Crippen molar-refractivity contribution in [3.05, 3.63) is 35.1 Å². The van der Waals surface area contributed by atoms with Gasteiger partial charge in [0.2, 0.25) is 0 Å². The molecule has 0 aliphatic heterocycles. The van der Waals surface area contributed by atoms with Crippen molar-refractivity contribution < 1.29 is 12.9 Å². The van der Waals surface area contributed by atoms with Crippen molar-refractivity contribution >= 4 is 37.3 Å². The molecule has 8 heteroatoms. The molecule has 1 heterocycles. The number of rotatable bonds is 3. The summed E-state index contributed by atoms with van der Waals surface area (Å²) in [4.78, 5) is 0.00176. The maximum Gasteiger partial charge on any atom is 0.264 e. The second-order valence-electron chi connectivity index (χ2n) is 3.20. The lowest BCUT2D eigenvalue weighted by molar-refractivity contribution is 0.420. The van der Waals surface area contributed by atoms with Gasteiger partial charge < -0.3 is 10.3 Å². The summed E-state index contributed by atoms with van der Waals surface area (Å²) in [6.07, 6.45) is 2.44. The largest absolute Gasteiger partial charge is 0.398 e. The number of hydrogen-bond acceptors (Lipinski definition) is 5. The average molecular weight is 318 g/mol. The van der Waals surface area contributed by atoms with E-state index in [2.05, 4.69) is 30.3 Å². The summed E-state index contributed by atoms with van der Waals surface area (Å²) in [6, 6.07) is 4.52. The number of benzene rings is 1. The number of hydrogen-bond donors (Lipinski definition) is 2. The second-order valence-corrected chi connectivity index (χ2v) is 5.77. The van der Waals surface area contributed by atoms with E-state index in [0.717, 1.165) is 0 Å². The van der Waals surface area contributed by atoms with Crippen LogP contribution < -0.4 is 10.5 Å². The highest BCUT2D eigenvalue weighted by Crippen LogP contribution is 2.24. The van der Waals surface area contributed by atoms with E-state index in [4.69, 9.17) is 5.73 Å². The molecule has 0 bridgehead atoms. The third-order valence-electron chi connectivity index (χ3n) is 1.95. The number of nitrogen functional groups attached to an aromatic ring is 1. The molecule has 0 radical (unpaired) electrons. The van der Waals surface area contributed by atoms with Crippen LogP contribution in [0.5, 0.6) is 0 Å². The van der Waals surface area contributed by atoms with Gasteiger partial charge in [-0.1, -0.05) is 21.1 Å². The SMILES string of the molecule is Nc1cc(Br)ccc1S(=O)(=O)Nc1cnoc1. The molecule has 6 nitrogen and oxygen atoms in total. The fraction of sp³-hybridized carbons (Fsp3) is 0. The van der Waals surface area contributed by atoms with Crippen molar-refractivity contribution in [2.75, 3.05) is 10.5 Å². The highest BCUT2D eigenvalue weighted by molar-refractivity contribution is 9.10. The van der Waals surface area contributed by atoms with Crippen LogP contribution in [0.15, 0.2) is 44.6 Å². The Bertz CT molecular complexity index is 625. The third kappa shape index (κ3) is 2.59. The van der Waals surface area contributed by atoms with E-state index >= 15 is 0 Å². The van der Waals surface area contributed by atoms with Gasteiger partial charge in [-0.3, -0.25) is 4.72 Å². The van der Waals surface area contributed by atoms with Crippen molar-refractivity contribution in [3.8, 4) is 0 Å². The van der Waals surface area contributed by atoms with E-state index in [9.17, 15) is 8.42 Å². The van der Waals surface area contributed by atoms with Crippen molar-refractivity contribution in [1.82, 2.24) is 5.16 Å².